The zero-order chi connectivity index (χ0) is 17.5. The third-order valence-corrected chi connectivity index (χ3v) is 5.94. The van der Waals surface area contributed by atoms with Gasteiger partial charge in [0.25, 0.3) is 0 Å². The van der Waals surface area contributed by atoms with Crippen LogP contribution in [0.1, 0.15) is 48.8 Å². The molecular formula is C21H24N4O. The number of aliphatic hydroxyl groups excluding tert-OH is 1. The first-order valence-corrected chi connectivity index (χ1v) is 9.60. The summed E-state index contributed by atoms with van der Waals surface area (Å²) < 4.78 is 2.04. The van der Waals surface area contributed by atoms with Crippen molar-refractivity contribution >= 4 is 11.3 Å². The average Bonchev–Trinajstić information content (AvgIpc) is 3.44. The topological polar surface area (TPSA) is 53.7 Å². The Hall–Kier alpha value is -2.40. The van der Waals surface area contributed by atoms with E-state index in [2.05, 4.69) is 33.2 Å². The van der Waals surface area contributed by atoms with Crippen molar-refractivity contribution in [1.82, 2.24) is 14.4 Å². The van der Waals surface area contributed by atoms with Gasteiger partial charge in [-0.05, 0) is 61.3 Å². The lowest BCUT2D eigenvalue weighted by Crippen LogP contribution is -2.36. The quantitative estimate of drug-likeness (QED) is 0.783. The summed E-state index contributed by atoms with van der Waals surface area (Å²) in [4.78, 5) is 11.1. The molecule has 1 atom stereocenters. The Kier molecular flexibility index (Phi) is 3.89. The van der Waals surface area contributed by atoms with Gasteiger partial charge >= 0.3 is 0 Å². The minimum Gasteiger partial charge on any atom is -0.388 e. The van der Waals surface area contributed by atoms with Crippen LogP contribution >= 0.6 is 0 Å². The first-order valence-electron chi connectivity index (χ1n) is 9.60. The highest BCUT2D eigenvalue weighted by Gasteiger charge is 2.34. The Morgan fingerprint density at radius 3 is 2.65 bits per heavy atom. The van der Waals surface area contributed by atoms with Crippen molar-refractivity contribution in [2.45, 2.75) is 37.7 Å². The fraction of sp³-hybridized carbons (Fsp3) is 0.429. The van der Waals surface area contributed by atoms with Gasteiger partial charge in [-0.15, -0.1) is 0 Å². The van der Waals surface area contributed by atoms with E-state index in [4.69, 9.17) is 0 Å². The highest BCUT2D eigenvalue weighted by Crippen LogP contribution is 2.46. The summed E-state index contributed by atoms with van der Waals surface area (Å²) in [5.41, 5.74) is 3.51. The maximum Gasteiger partial charge on any atom is 0.128 e. The van der Waals surface area contributed by atoms with Crippen molar-refractivity contribution in [1.29, 1.82) is 0 Å². The summed E-state index contributed by atoms with van der Waals surface area (Å²) in [6.45, 7) is 1.89. The molecule has 0 radical (unpaired) electrons. The van der Waals surface area contributed by atoms with E-state index in [9.17, 15) is 5.11 Å². The highest BCUT2D eigenvalue weighted by atomic mass is 16.3. The molecule has 0 bridgehead atoms. The SMILES string of the molecule is OC(c1c(C2CC2)ccn2cncc12)C1CCN(c2ccccn2)CC1. The number of fused-ring (bicyclic) bond motifs is 1. The van der Waals surface area contributed by atoms with Crippen LogP contribution in [0.15, 0.2) is 49.2 Å². The van der Waals surface area contributed by atoms with Gasteiger partial charge in [0.1, 0.15) is 5.82 Å². The maximum absolute atomic E-state index is 11.3. The molecule has 2 fully saturated rings. The van der Waals surface area contributed by atoms with E-state index in [1.165, 1.54) is 18.4 Å². The second kappa shape index (κ2) is 6.40. The van der Waals surface area contributed by atoms with Gasteiger partial charge in [-0.2, -0.15) is 0 Å². The van der Waals surface area contributed by atoms with Crippen molar-refractivity contribution < 1.29 is 5.11 Å². The Labute approximate surface area is 153 Å². The third-order valence-electron chi connectivity index (χ3n) is 5.94. The molecule has 1 aliphatic carbocycles. The first kappa shape index (κ1) is 15.8. The fourth-order valence-electron chi connectivity index (χ4n) is 4.32. The molecule has 1 unspecified atom stereocenters. The Morgan fingerprint density at radius 2 is 1.92 bits per heavy atom. The van der Waals surface area contributed by atoms with Crippen LogP contribution in [-0.4, -0.2) is 32.6 Å². The van der Waals surface area contributed by atoms with Crippen LogP contribution in [0.3, 0.4) is 0 Å². The van der Waals surface area contributed by atoms with E-state index in [0.717, 1.165) is 42.8 Å². The second-order valence-corrected chi connectivity index (χ2v) is 7.60. The number of hydrogen-bond acceptors (Lipinski definition) is 4. The number of aliphatic hydroxyl groups is 1. The minimum absolute atomic E-state index is 0.286. The van der Waals surface area contributed by atoms with Gasteiger partial charge in [0.05, 0.1) is 24.1 Å². The van der Waals surface area contributed by atoms with E-state index in [1.807, 2.05) is 35.3 Å². The van der Waals surface area contributed by atoms with E-state index >= 15 is 0 Å². The van der Waals surface area contributed by atoms with Gasteiger partial charge in [0, 0.05) is 31.0 Å². The van der Waals surface area contributed by atoms with Crippen LogP contribution in [-0.2, 0) is 0 Å². The Bertz CT molecular complexity index is 895. The number of pyridine rings is 2. The van der Waals surface area contributed by atoms with Crippen molar-refractivity contribution in [2.24, 2.45) is 5.92 Å². The number of imidazole rings is 1. The first-order chi connectivity index (χ1) is 12.8. The summed E-state index contributed by atoms with van der Waals surface area (Å²) in [7, 11) is 0. The van der Waals surface area contributed by atoms with E-state index in [1.54, 1.807) is 0 Å². The van der Waals surface area contributed by atoms with Crippen molar-refractivity contribution in [2.75, 3.05) is 18.0 Å². The molecule has 2 aliphatic rings. The molecule has 5 heteroatoms. The summed E-state index contributed by atoms with van der Waals surface area (Å²) >= 11 is 0. The van der Waals surface area contributed by atoms with Crippen molar-refractivity contribution in [3.8, 4) is 0 Å². The highest BCUT2D eigenvalue weighted by molar-refractivity contribution is 5.59. The van der Waals surface area contributed by atoms with Crippen LogP contribution in [0, 0.1) is 5.92 Å². The summed E-state index contributed by atoms with van der Waals surface area (Å²) in [5.74, 6) is 1.94. The van der Waals surface area contributed by atoms with Crippen molar-refractivity contribution in [3.05, 3.63) is 60.3 Å². The molecule has 1 N–H and O–H groups in total. The zero-order valence-electron chi connectivity index (χ0n) is 14.8. The number of rotatable bonds is 4. The lowest BCUT2D eigenvalue weighted by Gasteiger charge is -2.35. The van der Waals surface area contributed by atoms with E-state index in [0.29, 0.717) is 5.92 Å². The fourth-order valence-corrected chi connectivity index (χ4v) is 4.32. The molecule has 26 heavy (non-hydrogen) atoms. The smallest absolute Gasteiger partial charge is 0.128 e. The molecule has 1 aliphatic heterocycles. The summed E-state index contributed by atoms with van der Waals surface area (Å²) in [6.07, 6.45) is 11.7. The van der Waals surface area contributed by atoms with Gasteiger partial charge in [0.15, 0.2) is 0 Å². The monoisotopic (exact) mass is 348 g/mol. The molecule has 0 amide bonds. The molecule has 134 valence electrons. The van der Waals surface area contributed by atoms with Gasteiger partial charge in [0.2, 0.25) is 0 Å². The lowest BCUT2D eigenvalue weighted by atomic mass is 9.84. The number of anilines is 1. The number of nitrogens with zero attached hydrogens (tertiary/aromatic N) is 4. The molecule has 5 nitrogen and oxygen atoms in total. The Balaban J connectivity index is 1.39. The van der Waals surface area contributed by atoms with Crippen LogP contribution in [0.4, 0.5) is 5.82 Å². The predicted molar refractivity (Wildman–Crippen MR) is 101 cm³/mol. The molecule has 4 heterocycles. The minimum atomic E-state index is -0.420. The normalized spacial score (nSPS) is 19.8. The largest absolute Gasteiger partial charge is 0.388 e. The van der Waals surface area contributed by atoms with Crippen LogP contribution < -0.4 is 4.90 Å². The second-order valence-electron chi connectivity index (χ2n) is 7.60. The van der Waals surface area contributed by atoms with Gasteiger partial charge in [-0.1, -0.05) is 6.07 Å². The van der Waals surface area contributed by atoms with Gasteiger partial charge in [-0.3, -0.25) is 0 Å². The molecule has 0 aromatic carbocycles. The molecule has 1 saturated heterocycles. The zero-order valence-corrected chi connectivity index (χ0v) is 14.8. The summed E-state index contributed by atoms with van der Waals surface area (Å²) in [6, 6.07) is 8.24. The van der Waals surface area contributed by atoms with E-state index < -0.39 is 6.10 Å². The number of piperidine rings is 1. The molecule has 3 aromatic heterocycles. The van der Waals surface area contributed by atoms with Crippen LogP contribution in [0.25, 0.3) is 5.52 Å². The molecule has 3 aromatic rings. The van der Waals surface area contributed by atoms with E-state index in [-0.39, 0.29) is 5.92 Å². The number of hydrogen-bond donors (Lipinski definition) is 1. The van der Waals surface area contributed by atoms with Gasteiger partial charge < -0.3 is 14.4 Å². The van der Waals surface area contributed by atoms with Crippen LogP contribution in [0.5, 0.6) is 0 Å². The maximum atomic E-state index is 11.3. The predicted octanol–water partition coefficient (Wildman–Crippen LogP) is 3.56. The molecule has 5 rings (SSSR count). The van der Waals surface area contributed by atoms with Gasteiger partial charge in [-0.25, -0.2) is 9.97 Å². The third kappa shape index (κ3) is 2.76. The molecule has 1 saturated carbocycles. The lowest BCUT2D eigenvalue weighted by molar-refractivity contribution is 0.0930. The molecule has 0 spiro atoms. The molecular weight excluding hydrogens is 324 g/mol. The van der Waals surface area contributed by atoms with Crippen LogP contribution in [0.2, 0.25) is 0 Å². The number of aromatic nitrogens is 3. The average molecular weight is 348 g/mol. The Morgan fingerprint density at radius 1 is 1.08 bits per heavy atom. The van der Waals surface area contributed by atoms with Crippen molar-refractivity contribution in [3.63, 3.8) is 0 Å². The summed E-state index contributed by atoms with van der Waals surface area (Å²) in [5, 5.41) is 11.3. The standard InChI is InChI=1S/C21H24N4O/c26-21(16-6-10-24(11-7-16)19-3-1-2-9-23-19)20-17(15-4-5-15)8-12-25-14-22-13-18(20)25/h1-3,8-9,12-16,21,26H,4-7,10-11H2.